The minimum absolute atomic E-state index is 0.667. The van der Waals surface area contributed by atoms with Gasteiger partial charge in [0.05, 0.1) is 0 Å². The minimum atomic E-state index is 0.667. The van der Waals surface area contributed by atoms with Crippen molar-refractivity contribution in [3.05, 3.63) is 34.9 Å². The number of hydrogen-bond acceptors (Lipinski definition) is 1. The molecular formula is C9H9O. The number of rotatable bonds is 1. The molecule has 0 aliphatic rings. The van der Waals surface area contributed by atoms with Gasteiger partial charge in [0.25, 0.3) is 0 Å². The summed E-state index contributed by atoms with van der Waals surface area (Å²) in [5.41, 5.74) is 2.75. The average molecular weight is 133 g/mol. The minimum Gasteiger partial charge on any atom is -0.285 e. The molecule has 1 radical (unpaired) electrons. The van der Waals surface area contributed by atoms with Crippen LogP contribution < -0.4 is 0 Å². The van der Waals surface area contributed by atoms with E-state index in [0.717, 1.165) is 11.1 Å². The van der Waals surface area contributed by atoms with E-state index in [1.165, 1.54) is 0 Å². The van der Waals surface area contributed by atoms with Gasteiger partial charge in [-0.25, -0.2) is 0 Å². The Morgan fingerprint density at radius 1 is 1.30 bits per heavy atom. The monoisotopic (exact) mass is 133 g/mol. The summed E-state index contributed by atoms with van der Waals surface area (Å²) in [5, 5.41) is 0. The van der Waals surface area contributed by atoms with E-state index in [-0.39, 0.29) is 0 Å². The van der Waals surface area contributed by atoms with Crippen LogP contribution in [0.1, 0.15) is 16.7 Å². The van der Waals surface area contributed by atoms with Crippen LogP contribution >= 0.6 is 0 Å². The maximum absolute atomic E-state index is 10.3. The van der Waals surface area contributed by atoms with Crippen LogP contribution in [0.2, 0.25) is 0 Å². The molecule has 0 N–H and O–H groups in total. The smallest absolute Gasteiger partial charge is 0.233 e. The first-order chi connectivity index (χ1) is 4.74. The summed E-state index contributed by atoms with van der Waals surface area (Å²) < 4.78 is 0. The molecule has 0 aliphatic carbocycles. The molecule has 0 spiro atoms. The van der Waals surface area contributed by atoms with Crippen LogP contribution in [0.15, 0.2) is 18.2 Å². The Kier molecular flexibility index (Phi) is 1.86. The largest absolute Gasteiger partial charge is 0.285 e. The Labute approximate surface area is 60.7 Å². The van der Waals surface area contributed by atoms with Crippen molar-refractivity contribution in [3.63, 3.8) is 0 Å². The average Bonchev–Trinajstić information content (AvgIpc) is 1.94. The standard InChI is InChI=1S/C9H9O/c1-7-3-4-8(2)9(5-7)6-10/h3-5H,1-2H3. The molecule has 1 nitrogen and oxygen atoms in total. The Hall–Kier alpha value is -1.11. The van der Waals surface area contributed by atoms with Gasteiger partial charge in [-0.05, 0) is 25.5 Å². The third kappa shape index (κ3) is 1.24. The normalized spacial score (nSPS) is 9.40. The first kappa shape index (κ1) is 7.00. The molecule has 0 aliphatic heterocycles. The second-order valence-corrected chi connectivity index (χ2v) is 2.42. The summed E-state index contributed by atoms with van der Waals surface area (Å²) in [5.74, 6) is 0. The molecule has 1 aromatic rings. The molecule has 0 aromatic heterocycles. The van der Waals surface area contributed by atoms with Gasteiger partial charge >= 0.3 is 0 Å². The van der Waals surface area contributed by atoms with Gasteiger partial charge in [0.2, 0.25) is 6.29 Å². The highest BCUT2D eigenvalue weighted by Gasteiger charge is 1.95. The van der Waals surface area contributed by atoms with E-state index in [0.29, 0.717) is 5.56 Å². The zero-order chi connectivity index (χ0) is 7.56. The number of hydrogen-bond donors (Lipinski definition) is 0. The molecule has 0 amide bonds. The van der Waals surface area contributed by atoms with Crippen molar-refractivity contribution in [1.29, 1.82) is 0 Å². The van der Waals surface area contributed by atoms with E-state index in [2.05, 4.69) is 0 Å². The highest BCUT2D eigenvalue weighted by Crippen LogP contribution is 2.06. The lowest BCUT2D eigenvalue weighted by Gasteiger charge is -1.96. The van der Waals surface area contributed by atoms with Gasteiger partial charge in [-0.2, -0.15) is 0 Å². The van der Waals surface area contributed by atoms with Crippen molar-refractivity contribution < 1.29 is 4.79 Å². The van der Waals surface area contributed by atoms with E-state index in [1.807, 2.05) is 38.3 Å². The molecule has 0 atom stereocenters. The topological polar surface area (TPSA) is 17.1 Å². The Morgan fingerprint density at radius 2 is 2.00 bits per heavy atom. The number of carbonyl (C=O) groups excluding carboxylic acids is 1. The summed E-state index contributed by atoms with van der Waals surface area (Å²) >= 11 is 0. The molecule has 0 unspecified atom stereocenters. The van der Waals surface area contributed by atoms with Crippen LogP contribution in [0, 0.1) is 13.8 Å². The molecule has 10 heavy (non-hydrogen) atoms. The lowest BCUT2D eigenvalue weighted by atomic mass is 10.1. The maximum atomic E-state index is 10.3. The summed E-state index contributed by atoms with van der Waals surface area (Å²) in [7, 11) is 0. The predicted molar refractivity (Wildman–Crippen MR) is 40.7 cm³/mol. The molecule has 51 valence electrons. The van der Waals surface area contributed by atoms with Gasteiger partial charge in [-0.3, -0.25) is 4.79 Å². The van der Waals surface area contributed by atoms with Crippen molar-refractivity contribution >= 4 is 6.29 Å². The van der Waals surface area contributed by atoms with E-state index >= 15 is 0 Å². The highest BCUT2D eigenvalue weighted by molar-refractivity contribution is 5.77. The summed E-state index contributed by atoms with van der Waals surface area (Å²) in [6.45, 7) is 3.86. The van der Waals surface area contributed by atoms with Crippen molar-refractivity contribution in [2.45, 2.75) is 13.8 Å². The Morgan fingerprint density at radius 3 is 2.50 bits per heavy atom. The third-order valence-electron chi connectivity index (χ3n) is 1.50. The SMILES string of the molecule is Cc1ccc(C)c([C]=O)c1. The summed E-state index contributed by atoms with van der Waals surface area (Å²) in [6.07, 6.45) is 1.89. The van der Waals surface area contributed by atoms with Crippen molar-refractivity contribution in [2.24, 2.45) is 0 Å². The third-order valence-corrected chi connectivity index (χ3v) is 1.50. The van der Waals surface area contributed by atoms with E-state index in [1.54, 1.807) is 0 Å². The second kappa shape index (κ2) is 2.65. The van der Waals surface area contributed by atoms with Crippen LogP contribution in [-0.4, -0.2) is 6.29 Å². The van der Waals surface area contributed by atoms with E-state index < -0.39 is 0 Å². The lowest BCUT2D eigenvalue weighted by molar-refractivity contribution is 0.562. The van der Waals surface area contributed by atoms with Crippen molar-refractivity contribution in [2.75, 3.05) is 0 Å². The lowest BCUT2D eigenvalue weighted by Crippen LogP contribution is -1.86. The molecule has 0 bridgehead atoms. The van der Waals surface area contributed by atoms with E-state index in [9.17, 15) is 4.79 Å². The van der Waals surface area contributed by atoms with Gasteiger partial charge < -0.3 is 0 Å². The van der Waals surface area contributed by atoms with Crippen LogP contribution in [0.4, 0.5) is 0 Å². The second-order valence-electron chi connectivity index (χ2n) is 2.42. The molecule has 0 saturated carbocycles. The molecule has 1 rings (SSSR count). The fourth-order valence-electron chi connectivity index (χ4n) is 0.846. The van der Waals surface area contributed by atoms with Gasteiger partial charge in [-0.1, -0.05) is 17.7 Å². The molecular weight excluding hydrogens is 124 g/mol. The predicted octanol–water partition coefficient (Wildman–Crippen LogP) is 1.76. The molecule has 1 heteroatoms. The van der Waals surface area contributed by atoms with Crippen molar-refractivity contribution in [1.82, 2.24) is 0 Å². The first-order valence-corrected chi connectivity index (χ1v) is 3.19. The van der Waals surface area contributed by atoms with Crippen LogP contribution in [-0.2, 0) is 4.79 Å². The molecule has 0 saturated heterocycles. The number of benzene rings is 1. The fraction of sp³-hybridized carbons (Fsp3) is 0.222. The fourth-order valence-corrected chi connectivity index (χ4v) is 0.846. The Bertz CT molecular complexity index is 251. The maximum Gasteiger partial charge on any atom is 0.233 e. The van der Waals surface area contributed by atoms with Gasteiger partial charge in [0, 0.05) is 5.56 Å². The zero-order valence-electron chi connectivity index (χ0n) is 6.14. The molecule has 1 aromatic carbocycles. The Balaban J connectivity index is 3.21. The first-order valence-electron chi connectivity index (χ1n) is 3.19. The van der Waals surface area contributed by atoms with E-state index in [4.69, 9.17) is 0 Å². The quantitative estimate of drug-likeness (QED) is 0.570. The molecule has 0 fully saturated rings. The van der Waals surface area contributed by atoms with Gasteiger partial charge in [0.15, 0.2) is 0 Å². The van der Waals surface area contributed by atoms with Crippen molar-refractivity contribution in [3.8, 4) is 0 Å². The van der Waals surface area contributed by atoms with Gasteiger partial charge in [-0.15, -0.1) is 0 Å². The van der Waals surface area contributed by atoms with Gasteiger partial charge in [0.1, 0.15) is 0 Å². The molecule has 0 heterocycles. The zero-order valence-corrected chi connectivity index (χ0v) is 6.14. The summed E-state index contributed by atoms with van der Waals surface area (Å²) in [4.78, 5) is 10.3. The van der Waals surface area contributed by atoms with Crippen LogP contribution in [0.3, 0.4) is 0 Å². The highest BCUT2D eigenvalue weighted by atomic mass is 16.1. The number of aryl methyl sites for hydroxylation is 2. The summed E-state index contributed by atoms with van der Waals surface area (Å²) in [6, 6.07) is 5.74. The van der Waals surface area contributed by atoms with Crippen LogP contribution in [0.5, 0.6) is 0 Å². The van der Waals surface area contributed by atoms with Crippen LogP contribution in [0.25, 0.3) is 0 Å².